The van der Waals surface area contributed by atoms with Gasteiger partial charge in [0.1, 0.15) is 0 Å². The van der Waals surface area contributed by atoms with Crippen LogP contribution in [0.25, 0.3) is 10.1 Å². The van der Waals surface area contributed by atoms with Gasteiger partial charge in [-0.25, -0.2) is 0 Å². The summed E-state index contributed by atoms with van der Waals surface area (Å²) in [5, 5.41) is 4.30. The van der Waals surface area contributed by atoms with Gasteiger partial charge in [0, 0.05) is 28.7 Å². The summed E-state index contributed by atoms with van der Waals surface area (Å²) >= 11 is 13.6. The zero-order valence-electron chi connectivity index (χ0n) is 9.75. The van der Waals surface area contributed by atoms with Gasteiger partial charge in [0.05, 0.1) is 0 Å². The first-order valence-corrected chi connectivity index (χ1v) is 7.47. The van der Waals surface area contributed by atoms with Crippen LogP contribution in [0.1, 0.15) is 12.5 Å². The zero-order valence-corrected chi connectivity index (χ0v) is 12.1. The monoisotopic (exact) mass is 287 g/mol. The van der Waals surface area contributed by atoms with Gasteiger partial charge in [0.2, 0.25) is 0 Å². The molecular formula is C13H15Cl2NS. The topological polar surface area (TPSA) is 3.24 Å². The Balaban J connectivity index is 2.26. The molecule has 0 saturated carbocycles. The van der Waals surface area contributed by atoms with Crippen LogP contribution in [0.15, 0.2) is 23.6 Å². The molecule has 0 unspecified atom stereocenters. The molecule has 1 aromatic heterocycles. The summed E-state index contributed by atoms with van der Waals surface area (Å²) in [5.41, 5.74) is 1.35. The zero-order chi connectivity index (χ0) is 12.3. The molecule has 1 heterocycles. The van der Waals surface area contributed by atoms with Gasteiger partial charge in [0.25, 0.3) is 0 Å². The highest BCUT2D eigenvalue weighted by Gasteiger charge is 2.08. The molecule has 0 aliphatic rings. The van der Waals surface area contributed by atoms with Crippen LogP contribution in [0, 0.1) is 0 Å². The molecule has 0 spiro atoms. The van der Waals surface area contributed by atoms with Crippen LogP contribution in [0.5, 0.6) is 0 Å². The van der Waals surface area contributed by atoms with E-state index in [0.29, 0.717) is 5.88 Å². The number of alkyl halides is 1. The van der Waals surface area contributed by atoms with E-state index in [-0.39, 0.29) is 0 Å². The second kappa shape index (κ2) is 6.05. The summed E-state index contributed by atoms with van der Waals surface area (Å²) in [5.74, 6) is 0.677. The minimum Gasteiger partial charge on any atom is -0.298 e. The number of hydrogen-bond acceptors (Lipinski definition) is 2. The van der Waals surface area contributed by atoms with E-state index in [1.165, 1.54) is 15.6 Å². The first kappa shape index (κ1) is 13.2. The van der Waals surface area contributed by atoms with Gasteiger partial charge in [-0.15, -0.1) is 22.9 Å². The predicted molar refractivity (Wildman–Crippen MR) is 78.5 cm³/mol. The molecule has 0 N–H and O–H groups in total. The van der Waals surface area contributed by atoms with Crippen molar-refractivity contribution in [1.29, 1.82) is 0 Å². The summed E-state index contributed by atoms with van der Waals surface area (Å²) < 4.78 is 1.30. The molecule has 92 valence electrons. The second-order valence-electron chi connectivity index (χ2n) is 3.96. The molecule has 1 aromatic carbocycles. The molecule has 0 radical (unpaired) electrons. The number of hydrogen-bond donors (Lipinski definition) is 0. The Bertz CT molecular complexity index is 495. The molecule has 17 heavy (non-hydrogen) atoms. The Hall–Kier alpha value is -0.280. The van der Waals surface area contributed by atoms with Crippen molar-refractivity contribution < 1.29 is 0 Å². The number of rotatable bonds is 5. The lowest BCUT2D eigenvalue weighted by molar-refractivity contribution is 0.299. The second-order valence-corrected chi connectivity index (χ2v) is 5.68. The fourth-order valence-electron chi connectivity index (χ4n) is 1.89. The Morgan fingerprint density at radius 3 is 2.88 bits per heavy atom. The van der Waals surface area contributed by atoms with Crippen molar-refractivity contribution in [3.05, 3.63) is 34.2 Å². The van der Waals surface area contributed by atoms with Crippen LogP contribution in [0.4, 0.5) is 0 Å². The number of nitrogens with zero attached hydrogens (tertiary/aromatic N) is 1. The van der Waals surface area contributed by atoms with Crippen molar-refractivity contribution in [3.63, 3.8) is 0 Å². The van der Waals surface area contributed by atoms with E-state index in [4.69, 9.17) is 23.2 Å². The molecule has 0 saturated heterocycles. The number of thiophene rings is 1. The first-order chi connectivity index (χ1) is 8.24. The largest absolute Gasteiger partial charge is 0.298 e. The van der Waals surface area contributed by atoms with Crippen LogP contribution in [0.3, 0.4) is 0 Å². The van der Waals surface area contributed by atoms with Crippen molar-refractivity contribution in [2.24, 2.45) is 0 Å². The van der Waals surface area contributed by atoms with E-state index in [1.807, 2.05) is 6.07 Å². The van der Waals surface area contributed by atoms with Crippen LogP contribution in [-0.4, -0.2) is 23.9 Å². The highest BCUT2D eigenvalue weighted by molar-refractivity contribution is 7.17. The standard InChI is InChI=1S/C13H15Cl2NS/c1-2-16(6-5-14)8-10-9-17-13-4-3-11(15)7-12(10)13/h3-4,7,9H,2,5-6,8H2,1H3. The summed E-state index contributed by atoms with van der Waals surface area (Å²) in [4.78, 5) is 2.34. The molecule has 2 aromatic rings. The van der Waals surface area contributed by atoms with Crippen LogP contribution >= 0.6 is 34.5 Å². The van der Waals surface area contributed by atoms with Crippen molar-refractivity contribution in [2.45, 2.75) is 13.5 Å². The van der Waals surface area contributed by atoms with Gasteiger partial charge in [-0.3, -0.25) is 4.90 Å². The molecule has 0 aliphatic heterocycles. The van der Waals surface area contributed by atoms with Gasteiger partial charge in [-0.05, 0) is 41.1 Å². The molecule has 0 amide bonds. The lowest BCUT2D eigenvalue weighted by Gasteiger charge is -2.18. The molecule has 0 aliphatic carbocycles. The maximum atomic E-state index is 6.05. The minimum absolute atomic E-state index is 0.677. The lowest BCUT2D eigenvalue weighted by atomic mass is 10.1. The van der Waals surface area contributed by atoms with E-state index in [9.17, 15) is 0 Å². The van der Waals surface area contributed by atoms with Crippen LogP contribution < -0.4 is 0 Å². The molecular weight excluding hydrogens is 273 g/mol. The predicted octanol–water partition coefficient (Wildman–Crippen LogP) is 4.62. The third-order valence-electron chi connectivity index (χ3n) is 2.86. The quantitative estimate of drug-likeness (QED) is 0.726. The van der Waals surface area contributed by atoms with Gasteiger partial charge in [-0.2, -0.15) is 0 Å². The van der Waals surface area contributed by atoms with E-state index in [1.54, 1.807) is 11.3 Å². The highest BCUT2D eigenvalue weighted by atomic mass is 35.5. The van der Waals surface area contributed by atoms with Gasteiger partial charge in [-0.1, -0.05) is 18.5 Å². The van der Waals surface area contributed by atoms with Crippen molar-refractivity contribution in [2.75, 3.05) is 19.0 Å². The van der Waals surface area contributed by atoms with Crippen molar-refractivity contribution in [1.82, 2.24) is 4.90 Å². The maximum Gasteiger partial charge on any atom is 0.0413 e. The fourth-order valence-corrected chi connectivity index (χ4v) is 3.23. The van der Waals surface area contributed by atoms with Gasteiger partial charge >= 0.3 is 0 Å². The third kappa shape index (κ3) is 3.14. The molecule has 0 atom stereocenters. The summed E-state index contributed by atoms with van der Waals surface area (Å²) in [6, 6.07) is 6.08. The Morgan fingerprint density at radius 2 is 2.18 bits per heavy atom. The van der Waals surface area contributed by atoms with E-state index < -0.39 is 0 Å². The average molecular weight is 288 g/mol. The van der Waals surface area contributed by atoms with E-state index >= 15 is 0 Å². The minimum atomic E-state index is 0.677. The lowest BCUT2D eigenvalue weighted by Crippen LogP contribution is -2.24. The Kier molecular flexibility index (Phi) is 4.69. The highest BCUT2D eigenvalue weighted by Crippen LogP contribution is 2.29. The molecule has 2 rings (SSSR count). The molecule has 4 heteroatoms. The molecule has 0 bridgehead atoms. The number of benzene rings is 1. The molecule has 1 nitrogen and oxygen atoms in total. The Labute approximate surface area is 116 Å². The van der Waals surface area contributed by atoms with Crippen LogP contribution in [-0.2, 0) is 6.54 Å². The SMILES string of the molecule is CCN(CCCl)Cc1csc2ccc(Cl)cc12. The number of halogens is 2. The van der Waals surface area contributed by atoms with Crippen molar-refractivity contribution in [3.8, 4) is 0 Å². The third-order valence-corrected chi connectivity index (χ3v) is 4.27. The fraction of sp³-hybridized carbons (Fsp3) is 0.385. The van der Waals surface area contributed by atoms with Crippen LogP contribution in [0.2, 0.25) is 5.02 Å². The first-order valence-electron chi connectivity index (χ1n) is 5.68. The summed E-state index contributed by atoms with van der Waals surface area (Å²) in [7, 11) is 0. The number of fused-ring (bicyclic) bond motifs is 1. The van der Waals surface area contributed by atoms with E-state index in [2.05, 4.69) is 29.3 Å². The van der Waals surface area contributed by atoms with E-state index in [0.717, 1.165) is 24.7 Å². The average Bonchev–Trinajstić information content (AvgIpc) is 2.71. The maximum absolute atomic E-state index is 6.05. The smallest absolute Gasteiger partial charge is 0.0413 e. The normalized spacial score (nSPS) is 11.5. The van der Waals surface area contributed by atoms with Gasteiger partial charge < -0.3 is 0 Å². The summed E-state index contributed by atoms with van der Waals surface area (Å²) in [6.45, 7) is 5.05. The Morgan fingerprint density at radius 1 is 1.35 bits per heavy atom. The summed E-state index contributed by atoms with van der Waals surface area (Å²) in [6.07, 6.45) is 0. The van der Waals surface area contributed by atoms with Gasteiger partial charge in [0.15, 0.2) is 0 Å². The van der Waals surface area contributed by atoms with Crippen molar-refractivity contribution >= 4 is 44.6 Å². The molecule has 0 fully saturated rings.